The predicted molar refractivity (Wildman–Crippen MR) is 83.1 cm³/mol. The van der Waals surface area contributed by atoms with Gasteiger partial charge in [0.25, 0.3) is 5.91 Å². The molecule has 0 atom stereocenters. The van der Waals surface area contributed by atoms with Crippen molar-refractivity contribution in [2.75, 3.05) is 11.9 Å². The molecule has 0 saturated carbocycles. The van der Waals surface area contributed by atoms with E-state index in [2.05, 4.69) is 5.32 Å². The van der Waals surface area contributed by atoms with Gasteiger partial charge in [0.15, 0.2) is 6.61 Å². The molecule has 1 N–H and O–H groups in total. The summed E-state index contributed by atoms with van der Waals surface area (Å²) >= 11 is 5.49. The summed E-state index contributed by atoms with van der Waals surface area (Å²) in [5, 5.41) is 1.74. The average Bonchev–Trinajstić information content (AvgIpc) is 3.05. The summed E-state index contributed by atoms with van der Waals surface area (Å²) in [5.74, 6) is -0.789. The van der Waals surface area contributed by atoms with Gasteiger partial charge >= 0.3 is 12.1 Å². The maximum Gasteiger partial charge on any atom is 0.417 e. The topological polar surface area (TPSA) is 68.5 Å². The zero-order valence-electron chi connectivity index (χ0n) is 12.7. The number of nitrogens with one attached hydrogen (secondary N) is 1. The lowest BCUT2D eigenvalue weighted by molar-refractivity contribution is -0.147. The highest BCUT2D eigenvalue weighted by atomic mass is 35.5. The van der Waals surface area contributed by atoms with Gasteiger partial charge in [-0.15, -0.1) is 0 Å². The van der Waals surface area contributed by atoms with E-state index in [0.29, 0.717) is 18.2 Å². The lowest BCUT2D eigenvalue weighted by Gasteiger charge is -2.12. The van der Waals surface area contributed by atoms with E-state index < -0.39 is 35.2 Å². The first-order valence-corrected chi connectivity index (χ1v) is 7.48. The number of halogens is 4. The SMILES string of the molecule is O=C(COC(=O)CCc1ccco1)Nc1ccc(Cl)c(C(F)(F)F)c1. The van der Waals surface area contributed by atoms with Crippen LogP contribution in [-0.2, 0) is 26.9 Å². The third-order valence-corrected chi connectivity index (χ3v) is 3.40. The summed E-state index contributed by atoms with van der Waals surface area (Å²) in [5.41, 5.74) is -1.17. The highest BCUT2D eigenvalue weighted by molar-refractivity contribution is 6.31. The predicted octanol–water partition coefficient (Wildman–Crippen LogP) is 4.07. The van der Waals surface area contributed by atoms with Gasteiger partial charge in [0.05, 0.1) is 23.3 Å². The number of anilines is 1. The quantitative estimate of drug-likeness (QED) is 0.773. The van der Waals surface area contributed by atoms with Crippen LogP contribution in [0.1, 0.15) is 17.7 Å². The van der Waals surface area contributed by atoms with E-state index in [4.69, 9.17) is 20.8 Å². The van der Waals surface area contributed by atoms with Crippen molar-refractivity contribution < 1.29 is 31.9 Å². The molecule has 0 saturated heterocycles. The first-order valence-electron chi connectivity index (χ1n) is 7.10. The highest BCUT2D eigenvalue weighted by Crippen LogP contribution is 2.36. The van der Waals surface area contributed by atoms with Crippen molar-refractivity contribution in [3.63, 3.8) is 0 Å². The Hall–Kier alpha value is -2.48. The molecular weight excluding hydrogens is 363 g/mol. The summed E-state index contributed by atoms with van der Waals surface area (Å²) in [6.07, 6.45) is -2.84. The molecule has 0 unspecified atom stereocenters. The molecule has 0 fully saturated rings. The van der Waals surface area contributed by atoms with Crippen molar-refractivity contribution in [2.45, 2.75) is 19.0 Å². The molecule has 0 spiro atoms. The minimum absolute atomic E-state index is 0.0138. The number of hydrogen-bond donors (Lipinski definition) is 1. The van der Waals surface area contributed by atoms with Crippen molar-refractivity contribution in [1.82, 2.24) is 0 Å². The Morgan fingerprint density at radius 1 is 1.24 bits per heavy atom. The Labute approximate surface area is 145 Å². The van der Waals surface area contributed by atoms with E-state index in [1.54, 1.807) is 12.1 Å². The maximum atomic E-state index is 12.7. The largest absolute Gasteiger partial charge is 0.469 e. The van der Waals surface area contributed by atoms with Crippen LogP contribution in [0.2, 0.25) is 5.02 Å². The van der Waals surface area contributed by atoms with E-state index in [1.807, 2.05) is 0 Å². The Morgan fingerprint density at radius 2 is 2.00 bits per heavy atom. The van der Waals surface area contributed by atoms with E-state index in [-0.39, 0.29) is 12.1 Å². The average molecular weight is 376 g/mol. The van der Waals surface area contributed by atoms with Gasteiger partial charge in [0.2, 0.25) is 0 Å². The van der Waals surface area contributed by atoms with Gasteiger partial charge in [-0.2, -0.15) is 13.2 Å². The van der Waals surface area contributed by atoms with Crippen molar-refractivity contribution in [3.05, 3.63) is 52.9 Å². The van der Waals surface area contributed by atoms with Crippen LogP contribution < -0.4 is 5.32 Å². The van der Waals surface area contributed by atoms with Crippen LogP contribution in [-0.4, -0.2) is 18.5 Å². The Bertz CT molecular complexity index is 744. The second-order valence-corrected chi connectivity index (χ2v) is 5.39. The van der Waals surface area contributed by atoms with Crippen LogP contribution in [0.5, 0.6) is 0 Å². The summed E-state index contributed by atoms with van der Waals surface area (Å²) in [6.45, 7) is -0.610. The summed E-state index contributed by atoms with van der Waals surface area (Å²) in [6, 6.07) is 6.32. The molecule has 1 amide bonds. The molecule has 0 aliphatic carbocycles. The van der Waals surface area contributed by atoms with Gasteiger partial charge in [0, 0.05) is 12.1 Å². The number of carbonyl (C=O) groups excluding carboxylic acids is 2. The van der Waals surface area contributed by atoms with Crippen LogP contribution in [0.25, 0.3) is 0 Å². The van der Waals surface area contributed by atoms with Crippen molar-refractivity contribution in [2.24, 2.45) is 0 Å². The lowest BCUT2D eigenvalue weighted by atomic mass is 10.2. The highest BCUT2D eigenvalue weighted by Gasteiger charge is 2.33. The number of alkyl halides is 3. The standard InChI is InChI=1S/C16H13ClF3NO4/c17-13-5-3-10(8-12(13)16(18,19)20)21-14(22)9-25-15(23)6-4-11-2-1-7-24-11/h1-3,5,7-8H,4,6,9H2,(H,21,22). The maximum absolute atomic E-state index is 12.7. The summed E-state index contributed by atoms with van der Waals surface area (Å²) in [7, 11) is 0. The smallest absolute Gasteiger partial charge is 0.417 e. The van der Waals surface area contributed by atoms with Gasteiger partial charge in [-0.1, -0.05) is 11.6 Å². The van der Waals surface area contributed by atoms with E-state index in [1.165, 1.54) is 12.3 Å². The van der Waals surface area contributed by atoms with Gasteiger partial charge in [-0.05, 0) is 30.3 Å². The molecule has 2 aromatic rings. The molecule has 5 nitrogen and oxygen atoms in total. The number of furan rings is 1. The number of carbonyl (C=O) groups is 2. The number of aryl methyl sites for hydroxylation is 1. The zero-order chi connectivity index (χ0) is 18.4. The number of esters is 1. The van der Waals surface area contributed by atoms with E-state index in [0.717, 1.165) is 6.07 Å². The second-order valence-electron chi connectivity index (χ2n) is 4.98. The third-order valence-electron chi connectivity index (χ3n) is 3.08. The van der Waals surface area contributed by atoms with Crippen molar-refractivity contribution in [1.29, 1.82) is 0 Å². The molecule has 0 aliphatic rings. The van der Waals surface area contributed by atoms with Crippen LogP contribution in [0, 0.1) is 0 Å². The third kappa shape index (κ3) is 5.82. The first kappa shape index (κ1) is 18.9. The van der Waals surface area contributed by atoms with Gasteiger partial charge < -0.3 is 14.5 Å². The Kier molecular flexibility index (Phi) is 6.08. The number of benzene rings is 1. The fraction of sp³-hybridized carbons (Fsp3) is 0.250. The van der Waals surface area contributed by atoms with E-state index in [9.17, 15) is 22.8 Å². The van der Waals surface area contributed by atoms with Gasteiger partial charge in [0.1, 0.15) is 5.76 Å². The minimum atomic E-state index is -4.64. The fourth-order valence-electron chi connectivity index (χ4n) is 1.92. The molecule has 2 rings (SSSR count). The molecule has 134 valence electrons. The fourth-order valence-corrected chi connectivity index (χ4v) is 2.14. The molecule has 0 aliphatic heterocycles. The number of hydrogen-bond acceptors (Lipinski definition) is 4. The number of amides is 1. The van der Waals surface area contributed by atoms with Crippen LogP contribution >= 0.6 is 11.6 Å². The lowest BCUT2D eigenvalue weighted by Crippen LogP contribution is -2.21. The van der Waals surface area contributed by atoms with Gasteiger partial charge in [-0.25, -0.2) is 0 Å². The van der Waals surface area contributed by atoms with E-state index >= 15 is 0 Å². The van der Waals surface area contributed by atoms with Gasteiger partial charge in [-0.3, -0.25) is 9.59 Å². The molecule has 9 heteroatoms. The Morgan fingerprint density at radius 3 is 2.64 bits per heavy atom. The van der Waals surface area contributed by atoms with Crippen molar-refractivity contribution in [3.8, 4) is 0 Å². The number of ether oxygens (including phenoxy) is 1. The second kappa shape index (κ2) is 8.06. The van der Waals surface area contributed by atoms with Crippen LogP contribution in [0.4, 0.5) is 18.9 Å². The molecule has 0 radical (unpaired) electrons. The number of rotatable bonds is 6. The normalized spacial score (nSPS) is 11.2. The first-order chi connectivity index (χ1) is 11.8. The molecular formula is C16H13ClF3NO4. The van der Waals surface area contributed by atoms with Crippen LogP contribution in [0.3, 0.4) is 0 Å². The summed E-state index contributed by atoms with van der Waals surface area (Å²) in [4.78, 5) is 23.2. The molecule has 1 aromatic carbocycles. The van der Waals surface area contributed by atoms with Crippen LogP contribution in [0.15, 0.2) is 41.0 Å². The molecule has 0 bridgehead atoms. The zero-order valence-corrected chi connectivity index (χ0v) is 13.5. The molecule has 25 heavy (non-hydrogen) atoms. The molecule has 1 heterocycles. The summed E-state index contributed by atoms with van der Waals surface area (Å²) < 4.78 is 48.0. The van der Waals surface area contributed by atoms with Crippen molar-refractivity contribution >= 4 is 29.2 Å². The minimum Gasteiger partial charge on any atom is -0.469 e. The monoisotopic (exact) mass is 375 g/mol. The Balaban J connectivity index is 1.83. The molecule has 1 aromatic heterocycles.